The van der Waals surface area contributed by atoms with Crippen LogP contribution in [0.25, 0.3) is 0 Å². The van der Waals surface area contributed by atoms with Crippen LogP contribution in [0.4, 0.5) is 5.69 Å². The summed E-state index contributed by atoms with van der Waals surface area (Å²) in [7, 11) is 0. The van der Waals surface area contributed by atoms with Gasteiger partial charge in [-0.2, -0.15) is 10.2 Å². The smallest absolute Gasteiger partial charge is 0.228 e. The average Bonchev–Trinajstić information content (AvgIpc) is 2.83. The van der Waals surface area contributed by atoms with Gasteiger partial charge in [-0.1, -0.05) is 17.3 Å². The molecule has 0 aliphatic heterocycles. The van der Waals surface area contributed by atoms with Crippen LogP contribution >= 0.6 is 0 Å². The summed E-state index contributed by atoms with van der Waals surface area (Å²) in [5.74, 6) is 0.585. The summed E-state index contributed by atoms with van der Waals surface area (Å²) in [6.45, 7) is 0.654. The van der Waals surface area contributed by atoms with Gasteiger partial charge in [0, 0.05) is 13.0 Å². The summed E-state index contributed by atoms with van der Waals surface area (Å²) < 4.78 is 4.86. The van der Waals surface area contributed by atoms with Crippen molar-refractivity contribution >= 4 is 5.69 Å². The van der Waals surface area contributed by atoms with Crippen molar-refractivity contribution in [3.05, 3.63) is 42.0 Å². The summed E-state index contributed by atoms with van der Waals surface area (Å²) in [6, 6.07) is 9.49. The van der Waals surface area contributed by atoms with E-state index < -0.39 is 0 Å². The first kappa shape index (κ1) is 10.2. The lowest BCUT2D eigenvalue weighted by Gasteiger charge is -2.05. The highest BCUT2D eigenvalue weighted by molar-refractivity contribution is 5.57. The van der Waals surface area contributed by atoms with Gasteiger partial charge in [-0.25, -0.2) is 0 Å². The van der Waals surface area contributed by atoms with E-state index in [-0.39, 0.29) is 0 Å². The number of anilines is 1. The first-order chi connectivity index (χ1) is 7.90. The van der Waals surface area contributed by atoms with Crippen LogP contribution in [-0.2, 0) is 6.42 Å². The molecule has 0 amide bonds. The summed E-state index contributed by atoms with van der Waals surface area (Å²) in [6.07, 6.45) is 2.01. The fourth-order valence-corrected chi connectivity index (χ4v) is 1.35. The van der Waals surface area contributed by atoms with Gasteiger partial charge in [-0.3, -0.25) is 0 Å². The van der Waals surface area contributed by atoms with E-state index >= 15 is 0 Å². The van der Waals surface area contributed by atoms with Crippen LogP contribution in [0.1, 0.15) is 11.5 Å². The van der Waals surface area contributed by atoms with E-state index in [1.807, 2.05) is 18.2 Å². The molecule has 16 heavy (non-hydrogen) atoms. The Morgan fingerprint density at radius 2 is 2.25 bits per heavy atom. The molecule has 0 aliphatic rings. The molecule has 0 bridgehead atoms. The maximum atomic E-state index is 8.87. The molecular weight excluding hydrogens is 204 g/mol. The number of rotatable bonds is 4. The highest BCUT2D eigenvalue weighted by Crippen LogP contribution is 2.13. The zero-order valence-corrected chi connectivity index (χ0v) is 8.55. The van der Waals surface area contributed by atoms with Gasteiger partial charge in [0.15, 0.2) is 6.33 Å². The topological polar surface area (TPSA) is 74.7 Å². The van der Waals surface area contributed by atoms with Gasteiger partial charge in [0.2, 0.25) is 5.89 Å². The Bertz CT molecular complexity index is 487. The molecule has 0 unspecified atom stereocenters. The highest BCUT2D eigenvalue weighted by atomic mass is 16.5. The molecule has 0 saturated heterocycles. The second-order valence-electron chi connectivity index (χ2n) is 3.17. The molecule has 0 radical (unpaired) electrons. The maximum Gasteiger partial charge on any atom is 0.228 e. The van der Waals surface area contributed by atoms with E-state index in [2.05, 4.69) is 21.5 Å². The van der Waals surface area contributed by atoms with Gasteiger partial charge in [0.25, 0.3) is 0 Å². The summed E-state index contributed by atoms with van der Waals surface area (Å²) >= 11 is 0. The lowest BCUT2D eigenvalue weighted by Crippen LogP contribution is -2.06. The zero-order chi connectivity index (χ0) is 11.2. The Morgan fingerprint density at radius 3 is 3.00 bits per heavy atom. The van der Waals surface area contributed by atoms with E-state index in [4.69, 9.17) is 9.78 Å². The predicted octanol–water partition coefficient (Wildman–Crippen LogP) is 1.60. The molecule has 1 aromatic carbocycles. The molecule has 80 valence electrons. The Morgan fingerprint density at radius 1 is 1.38 bits per heavy atom. The highest BCUT2D eigenvalue weighted by Gasteiger charge is 2.01. The monoisotopic (exact) mass is 214 g/mol. The minimum Gasteiger partial charge on any atom is -0.383 e. The average molecular weight is 214 g/mol. The van der Waals surface area contributed by atoms with Crippen molar-refractivity contribution < 1.29 is 4.52 Å². The van der Waals surface area contributed by atoms with Crippen molar-refractivity contribution in [3.8, 4) is 6.07 Å². The summed E-state index contributed by atoms with van der Waals surface area (Å²) in [4.78, 5) is 3.91. The van der Waals surface area contributed by atoms with E-state index in [0.29, 0.717) is 24.4 Å². The number of nitrogens with zero attached hydrogens (tertiary/aromatic N) is 3. The fourth-order valence-electron chi connectivity index (χ4n) is 1.35. The molecule has 1 heterocycles. The molecule has 0 saturated carbocycles. The van der Waals surface area contributed by atoms with E-state index in [1.54, 1.807) is 6.07 Å². The van der Waals surface area contributed by atoms with Crippen molar-refractivity contribution in [1.29, 1.82) is 5.26 Å². The fraction of sp³-hybridized carbons (Fsp3) is 0.182. The van der Waals surface area contributed by atoms with Crippen LogP contribution < -0.4 is 5.32 Å². The van der Waals surface area contributed by atoms with Crippen molar-refractivity contribution in [2.24, 2.45) is 0 Å². The van der Waals surface area contributed by atoms with Gasteiger partial charge in [0.1, 0.15) is 6.07 Å². The normalized spacial score (nSPS) is 9.69. The van der Waals surface area contributed by atoms with E-state index in [9.17, 15) is 0 Å². The zero-order valence-electron chi connectivity index (χ0n) is 8.55. The Labute approximate surface area is 92.7 Å². The minimum absolute atomic E-state index is 0.585. The SMILES string of the molecule is N#Cc1ccccc1NCCc1ncno1. The third-order valence-electron chi connectivity index (χ3n) is 2.11. The van der Waals surface area contributed by atoms with Gasteiger partial charge in [0.05, 0.1) is 11.3 Å². The summed E-state index contributed by atoms with van der Waals surface area (Å²) in [5.41, 5.74) is 1.46. The van der Waals surface area contributed by atoms with E-state index in [0.717, 1.165) is 5.69 Å². The largest absolute Gasteiger partial charge is 0.383 e. The third kappa shape index (κ3) is 2.36. The minimum atomic E-state index is 0.585. The molecule has 5 nitrogen and oxygen atoms in total. The molecule has 1 N–H and O–H groups in total. The standard InChI is InChI=1S/C11H10N4O/c12-7-9-3-1-2-4-10(9)13-6-5-11-14-8-15-16-11/h1-4,8,13H,5-6H2. The Balaban J connectivity index is 1.93. The first-order valence-electron chi connectivity index (χ1n) is 4.88. The van der Waals surface area contributed by atoms with Crippen LogP contribution in [-0.4, -0.2) is 16.7 Å². The molecule has 0 spiro atoms. The quantitative estimate of drug-likeness (QED) is 0.836. The second-order valence-corrected chi connectivity index (χ2v) is 3.17. The number of benzene rings is 1. The summed E-state index contributed by atoms with van der Waals surface area (Å²) in [5, 5.41) is 15.5. The van der Waals surface area contributed by atoms with Gasteiger partial charge in [-0.05, 0) is 12.1 Å². The molecule has 5 heteroatoms. The van der Waals surface area contributed by atoms with Gasteiger partial charge < -0.3 is 9.84 Å². The van der Waals surface area contributed by atoms with Gasteiger partial charge in [-0.15, -0.1) is 0 Å². The molecular formula is C11H10N4O. The number of hydrogen-bond donors (Lipinski definition) is 1. The lowest BCUT2D eigenvalue weighted by atomic mass is 10.2. The van der Waals surface area contributed by atoms with Crippen molar-refractivity contribution in [2.75, 3.05) is 11.9 Å². The van der Waals surface area contributed by atoms with Crippen molar-refractivity contribution in [3.63, 3.8) is 0 Å². The Kier molecular flexibility index (Phi) is 3.14. The molecule has 0 aliphatic carbocycles. The molecule has 0 fully saturated rings. The number of hydrogen-bond acceptors (Lipinski definition) is 5. The van der Waals surface area contributed by atoms with Crippen molar-refractivity contribution in [1.82, 2.24) is 10.1 Å². The van der Waals surface area contributed by atoms with Gasteiger partial charge >= 0.3 is 0 Å². The number of aromatic nitrogens is 2. The number of nitriles is 1. The maximum absolute atomic E-state index is 8.87. The van der Waals surface area contributed by atoms with Crippen LogP contribution in [0.15, 0.2) is 35.1 Å². The molecule has 1 aromatic heterocycles. The predicted molar refractivity (Wildman–Crippen MR) is 57.6 cm³/mol. The first-order valence-corrected chi connectivity index (χ1v) is 4.88. The number of nitrogens with one attached hydrogen (secondary N) is 1. The van der Waals surface area contributed by atoms with E-state index in [1.165, 1.54) is 6.33 Å². The molecule has 2 rings (SSSR count). The second kappa shape index (κ2) is 4.94. The lowest BCUT2D eigenvalue weighted by molar-refractivity contribution is 0.380. The molecule has 0 atom stereocenters. The van der Waals surface area contributed by atoms with Crippen LogP contribution in [0, 0.1) is 11.3 Å². The van der Waals surface area contributed by atoms with Crippen molar-refractivity contribution in [2.45, 2.75) is 6.42 Å². The van der Waals surface area contributed by atoms with Crippen LogP contribution in [0.2, 0.25) is 0 Å². The molecule has 2 aromatic rings. The third-order valence-corrected chi connectivity index (χ3v) is 2.11. The Hall–Kier alpha value is -2.35. The van der Waals surface area contributed by atoms with Crippen LogP contribution in [0.5, 0.6) is 0 Å². The number of para-hydroxylation sites is 1. The van der Waals surface area contributed by atoms with Crippen LogP contribution in [0.3, 0.4) is 0 Å².